The maximum atomic E-state index is 13.3. The molecule has 1 aromatic carbocycles. The summed E-state index contributed by atoms with van der Waals surface area (Å²) in [7, 11) is 1.30. The van der Waals surface area contributed by atoms with Crippen LogP contribution in [0, 0.1) is 5.82 Å². The molecule has 1 amide bonds. The Balaban J connectivity index is 1.70. The van der Waals surface area contributed by atoms with Gasteiger partial charge in [0.1, 0.15) is 10.7 Å². The van der Waals surface area contributed by atoms with Gasteiger partial charge in [-0.05, 0) is 61.4 Å². The average molecular weight is 399 g/mol. The molecule has 0 saturated carbocycles. The number of ether oxygens (including phenoxy) is 1. The van der Waals surface area contributed by atoms with Crippen LogP contribution in [-0.4, -0.2) is 28.8 Å². The standard InChI is InChI=1S/C20H18FN3O3S/c1-27-20(26)18-15(10-11-28-18)22-19(25)17-14-4-2-3-5-16(14)24(23-17)13-8-6-12(21)7-9-13/h6-11H,2-5H2,1H3,(H,22,25). The Hall–Kier alpha value is -3.00. The second-order valence-electron chi connectivity index (χ2n) is 6.48. The highest BCUT2D eigenvalue weighted by atomic mass is 32.1. The number of carbonyl (C=O) groups is 2. The van der Waals surface area contributed by atoms with Crippen molar-refractivity contribution in [3.8, 4) is 5.69 Å². The number of amides is 1. The van der Waals surface area contributed by atoms with Gasteiger partial charge >= 0.3 is 5.97 Å². The molecule has 1 aliphatic carbocycles. The number of nitrogens with zero attached hydrogens (tertiary/aromatic N) is 2. The van der Waals surface area contributed by atoms with Crippen LogP contribution in [0.4, 0.5) is 10.1 Å². The first-order chi connectivity index (χ1) is 13.6. The lowest BCUT2D eigenvalue weighted by molar-refractivity contribution is 0.0607. The molecular formula is C20H18FN3O3S. The highest BCUT2D eigenvalue weighted by Gasteiger charge is 2.26. The minimum Gasteiger partial charge on any atom is -0.465 e. The first kappa shape index (κ1) is 18.4. The molecule has 1 N–H and O–H groups in total. The molecule has 8 heteroatoms. The number of carbonyl (C=O) groups excluding carboxylic acids is 2. The topological polar surface area (TPSA) is 73.2 Å². The molecule has 0 aliphatic heterocycles. The number of anilines is 1. The number of hydrogen-bond donors (Lipinski definition) is 1. The zero-order chi connectivity index (χ0) is 19.7. The summed E-state index contributed by atoms with van der Waals surface area (Å²) >= 11 is 1.20. The zero-order valence-electron chi connectivity index (χ0n) is 15.2. The van der Waals surface area contributed by atoms with E-state index in [1.165, 1.54) is 30.6 Å². The van der Waals surface area contributed by atoms with Crippen molar-refractivity contribution in [3.05, 3.63) is 63.4 Å². The maximum Gasteiger partial charge on any atom is 0.350 e. The second-order valence-corrected chi connectivity index (χ2v) is 7.39. The number of rotatable bonds is 4. The number of halogens is 1. The van der Waals surface area contributed by atoms with Gasteiger partial charge in [-0.2, -0.15) is 5.10 Å². The molecule has 0 unspecified atom stereocenters. The fourth-order valence-corrected chi connectivity index (χ4v) is 4.18. The van der Waals surface area contributed by atoms with Gasteiger partial charge in [-0.3, -0.25) is 4.79 Å². The first-order valence-electron chi connectivity index (χ1n) is 8.92. The summed E-state index contributed by atoms with van der Waals surface area (Å²) < 4.78 is 19.8. The van der Waals surface area contributed by atoms with Crippen LogP contribution in [0.1, 0.15) is 44.3 Å². The van der Waals surface area contributed by atoms with Crippen LogP contribution in [0.5, 0.6) is 0 Å². The molecule has 0 atom stereocenters. The lowest BCUT2D eigenvalue weighted by Gasteiger charge is -2.14. The predicted molar refractivity (Wildman–Crippen MR) is 104 cm³/mol. The quantitative estimate of drug-likeness (QED) is 0.674. The zero-order valence-corrected chi connectivity index (χ0v) is 16.0. The highest BCUT2D eigenvalue weighted by molar-refractivity contribution is 7.12. The van der Waals surface area contributed by atoms with E-state index in [1.54, 1.807) is 28.3 Å². The van der Waals surface area contributed by atoms with E-state index in [0.29, 0.717) is 21.9 Å². The van der Waals surface area contributed by atoms with Crippen LogP contribution in [-0.2, 0) is 17.6 Å². The van der Waals surface area contributed by atoms with E-state index in [2.05, 4.69) is 10.4 Å². The second kappa shape index (κ2) is 7.55. The van der Waals surface area contributed by atoms with Crippen molar-refractivity contribution in [1.82, 2.24) is 9.78 Å². The Morgan fingerprint density at radius 1 is 1.18 bits per heavy atom. The molecule has 3 aromatic rings. The Kier molecular flexibility index (Phi) is 4.95. The van der Waals surface area contributed by atoms with Crippen molar-refractivity contribution >= 4 is 28.9 Å². The van der Waals surface area contributed by atoms with Crippen molar-refractivity contribution in [2.24, 2.45) is 0 Å². The lowest BCUT2D eigenvalue weighted by atomic mass is 9.95. The molecule has 0 radical (unpaired) electrons. The van der Waals surface area contributed by atoms with Gasteiger partial charge < -0.3 is 10.1 Å². The lowest BCUT2D eigenvalue weighted by Crippen LogP contribution is -2.17. The minimum atomic E-state index is -0.496. The van der Waals surface area contributed by atoms with E-state index in [1.807, 2.05) is 0 Å². The largest absolute Gasteiger partial charge is 0.465 e. The summed E-state index contributed by atoms with van der Waals surface area (Å²) in [5.74, 6) is -1.19. The smallest absolute Gasteiger partial charge is 0.350 e. The monoisotopic (exact) mass is 399 g/mol. The van der Waals surface area contributed by atoms with Crippen LogP contribution in [0.2, 0.25) is 0 Å². The molecule has 1 aliphatic rings. The third-order valence-electron chi connectivity index (χ3n) is 4.75. The molecule has 0 bridgehead atoms. The summed E-state index contributed by atoms with van der Waals surface area (Å²) in [5, 5.41) is 9.03. The molecule has 2 aromatic heterocycles. The third kappa shape index (κ3) is 3.31. The van der Waals surface area contributed by atoms with Crippen LogP contribution >= 0.6 is 11.3 Å². The third-order valence-corrected chi connectivity index (χ3v) is 5.65. The van der Waals surface area contributed by atoms with E-state index in [-0.39, 0.29) is 11.7 Å². The summed E-state index contributed by atoms with van der Waals surface area (Å²) in [6, 6.07) is 7.71. The van der Waals surface area contributed by atoms with Crippen molar-refractivity contribution in [2.75, 3.05) is 12.4 Å². The molecule has 144 valence electrons. The Labute approximate surface area is 164 Å². The van der Waals surface area contributed by atoms with Crippen LogP contribution in [0.15, 0.2) is 35.7 Å². The van der Waals surface area contributed by atoms with E-state index in [4.69, 9.17) is 4.74 Å². The van der Waals surface area contributed by atoms with Gasteiger partial charge in [0.2, 0.25) is 0 Å². The van der Waals surface area contributed by atoms with Crippen molar-refractivity contribution in [2.45, 2.75) is 25.7 Å². The summed E-state index contributed by atoms with van der Waals surface area (Å²) in [6.07, 6.45) is 3.55. The van der Waals surface area contributed by atoms with Gasteiger partial charge in [-0.15, -0.1) is 11.3 Å². The molecule has 0 spiro atoms. The van der Waals surface area contributed by atoms with Crippen molar-refractivity contribution < 1.29 is 18.7 Å². The molecule has 4 rings (SSSR count). The summed E-state index contributed by atoms with van der Waals surface area (Å²) in [4.78, 5) is 25.1. The van der Waals surface area contributed by atoms with E-state index < -0.39 is 5.97 Å². The SMILES string of the molecule is COC(=O)c1sccc1NC(=O)c1nn(-c2ccc(F)cc2)c2c1CCCC2. The van der Waals surface area contributed by atoms with Crippen LogP contribution in [0.3, 0.4) is 0 Å². The summed E-state index contributed by atoms with van der Waals surface area (Å²) in [5.41, 5.74) is 3.33. The van der Waals surface area contributed by atoms with Crippen LogP contribution < -0.4 is 5.32 Å². The summed E-state index contributed by atoms with van der Waals surface area (Å²) in [6.45, 7) is 0. The number of methoxy groups -OCH3 is 1. The normalized spacial score (nSPS) is 13.1. The fourth-order valence-electron chi connectivity index (χ4n) is 3.42. The number of benzene rings is 1. The fraction of sp³-hybridized carbons (Fsp3) is 0.250. The Morgan fingerprint density at radius 2 is 1.93 bits per heavy atom. The predicted octanol–water partition coefficient (Wildman–Crippen LogP) is 3.99. The average Bonchev–Trinajstić information content (AvgIpc) is 3.33. The number of aromatic nitrogens is 2. The number of fused-ring (bicyclic) bond motifs is 1. The first-order valence-corrected chi connectivity index (χ1v) is 9.80. The minimum absolute atomic E-state index is 0.324. The molecule has 0 saturated heterocycles. The Bertz CT molecular complexity index is 1040. The number of thiophene rings is 1. The van der Waals surface area contributed by atoms with E-state index >= 15 is 0 Å². The van der Waals surface area contributed by atoms with Gasteiger partial charge in [0.05, 0.1) is 18.5 Å². The van der Waals surface area contributed by atoms with Crippen molar-refractivity contribution in [3.63, 3.8) is 0 Å². The highest BCUT2D eigenvalue weighted by Crippen LogP contribution is 2.29. The molecule has 2 heterocycles. The number of nitrogens with one attached hydrogen (secondary N) is 1. The van der Waals surface area contributed by atoms with Gasteiger partial charge in [0.15, 0.2) is 5.69 Å². The van der Waals surface area contributed by atoms with Gasteiger partial charge in [-0.1, -0.05) is 0 Å². The van der Waals surface area contributed by atoms with E-state index in [0.717, 1.165) is 36.9 Å². The molecule has 28 heavy (non-hydrogen) atoms. The van der Waals surface area contributed by atoms with E-state index in [9.17, 15) is 14.0 Å². The molecule has 6 nitrogen and oxygen atoms in total. The van der Waals surface area contributed by atoms with Gasteiger partial charge in [0, 0.05) is 11.3 Å². The van der Waals surface area contributed by atoms with Crippen molar-refractivity contribution in [1.29, 1.82) is 0 Å². The van der Waals surface area contributed by atoms with Gasteiger partial charge in [0.25, 0.3) is 5.91 Å². The Morgan fingerprint density at radius 3 is 2.68 bits per heavy atom. The van der Waals surface area contributed by atoms with Crippen LogP contribution in [0.25, 0.3) is 5.69 Å². The molecular weight excluding hydrogens is 381 g/mol. The van der Waals surface area contributed by atoms with Gasteiger partial charge in [-0.25, -0.2) is 13.9 Å². The maximum absolute atomic E-state index is 13.3. The molecule has 0 fully saturated rings. The number of hydrogen-bond acceptors (Lipinski definition) is 5. The number of esters is 1.